The molecule has 3 aromatic carbocycles. The van der Waals surface area contributed by atoms with E-state index in [1.165, 1.54) is 12.1 Å². The van der Waals surface area contributed by atoms with Gasteiger partial charge >= 0.3 is 5.97 Å². The number of nitrogens with zero attached hydrogens (tertiary/aromatic N) is 3. The largest absolute Gasteiger partial charge is 0.462 e. The molecule has 206 valence electrons. The molecule has 2 aromatic heterocycles. The molecule has 5 aromatic rings. The molecular weight excluding hydrogens is 531 g/mol. The predicted octanol–water partition coefficient (Wildman–Crippen LogP) is 6.11. The van der Waals surface area contributed by atoms with Crippen molar-refractivity contribution in [2.24, 2.45) is 0 Å². The van der Waals surface area contributed by atoms with Gasteiger partial charge in [-0.3, -0.25) is 4.72 Å². The van der Waals surface area contributed by atoms with Crippen LogP contribution in [0.2, 0.25) is 0 Å². The minimum absolute atomic E-state index is 0.00561. The maximum Gasteiger partial charge on any atom is 0.344 e. The Morgan fingerprint density at radius 1 is 0.925 bits per heavy atom. The van der Waals surface area contributed by atoms with E-state index in [1.807, 2.05) is 49.4 Å². The Morgan fingerprint density at radius 2 is 1.60 bits per heavy atom. The summed E-state index contributed by atoms with van der Waals surface area (Å²) in [5, 5.41) is 0. The zero-order valence-electron chi connectivity index (χ0n) is 22.0. The molecule has 1 N–H and O–H groups in total. The maximum atomic E-state index is 13.6. The van der Waals surface area contributed by atoms with E-state index < -0.39 is 21.8 Å². The standard InChI is InChI=1S/C30H29FN4O4S/c1-2-3-9-20-39-30(36)26-27-29(33-25-13-8-7-12-24(25)32-27)35(19-18-21-10-5-4-6-11-21)28(26)34-40(37,38)23-16-14-22(31)15-17-23/h4-8,10-17,34H,2-3,9,18-20H2,1H3. The number of hydrogen-bond donors (Lipinski definition) is 1. The fourth-order valence-electron chi connectivity index (χ4n) is 4.49. The first-order valence-corrected chi connectivity index (χ1v) is 14.6. The number of halogens is 1. The number of ether oxygens (including phenoxy) is 1. The summed E-state index contributed by atoms with van der Waals surface area (Å²) >= 11 is 0. The number of esters is 1. The van der Waals surface area contributed by atoms with Crippen molar-refractivity contribution in [2.45, 2.75) is 44.0 Å². The number of nitrogens with one attached hydrogen (secondary N) is 1. The van der Waals surface area contributed by atoms with E-state index >= 15 is 0 Å². The number of rotatable bonds is 11. The molecule has 0 radical (unpaired) electrons. The van der Waals surface area contributed by atoms with Crippen LogP contribution in [0.15, 0.2) is 83.8 Å². The molecule has 0 fully saturated rings. The molecule has 0 aliphatic carbocycles. The summed E-state index contributed by atoms with van der Waals surface area (Å²) in [4.78, 5) is 22.9. The number of carbonyl (C=O) groups excluding carboxylic acids is 1. The van der Waals surface area contributed by atoms with Crippen molar-refractivity contribution in [3.05, 3.63) is 95.8 Å². The fourth-order valence-corrected chi connectivity index (χ4v) is 5.57. The monoisotopic (exact) mass is 560 g/mol. The van der Waals surface area contributed by atoms with Gasteiger partial charge in [0.2, 0.25) is 0 Å². The van der Waals surface area contributed by atoms with E-state index in [4.69, 9.17) is 14.7 Å². The van der Waals surface area contributed by atoms with Crippen molar-refractivity contribution >= 4 is 44.0 Å². The van der Waals surface area contributed by atoms with E-state index in [2.05, 4.69) is 4.72 Å². The van der Waals surface area contributed by atoms with Crippen molar-refractivity contribution in [1.82, 2.24) is 14.5 Å². The Morgan fingerprint density at radius 3 is 2.30 bits per heavy atom. The van der Waals surface area contributed by atoms with Crippen molar-refractivity contribution < 1.29 is 22.3 Å². The number of fused-ring (bicyclic) bond motifs is 2. The number of sulfonamides is 1. The van der Waals surface area contributed by atoms with Crippen LogP contribution in [0.25, 0.3) is 22.2 Å². The van der Waals surface area contributed by atoms with Crippen molar-refractivity contribution in [1.29, 1.82) is 0 Å². The van der Waals surface area contributed by atoms with E-state index in [0.29, 0.717) is 36.1 Å². The molecule has 8 nitrogen and oxygen atoms in total. The smallest absolute Gasteiger partial charge is 0.344 e. The molecular formula is C30H29FN4O4S. The van der Waals surface area contributed by atoms with Gasteiger partial charge in [0, 0.05) is 6.54 Å². The zero-order valence-corrected chi connectivity index (χ0v) is 22.8. The molecule has 2 heterocycles. The molecule has 0 amide bonds. The molecule has 0 unspecified atom stereocenters. The molecule has 10 heteroatoms. The van der Waals surface area contributed by atoms with Crippen LogP contribution in [0.4, 0.5) is 10.2 Å². The van der Waals surface area contributed by atoms with E-state index in [-0.39, 0.29) is 28.4 Å². The average Bonchev–Trinajstić information content (AvgIpc) is 3.24. The first-order valence-electron chi connectivity index (χ1n) is 13.2. The number of hydrogen-bond acceptors (Lipinski definition) is 6. The van der Waals surface area contributed by atoms with Crippen LogP contribution in [-0.2, 0) is 27.7 Å². The molecule has 40 heavy (non-hydrogen) atoms. The van der Waals surface area contributed by atoms with Crippen LogP contribution in [0, 0.1) is 5.82 Å². The lowest BCUT2D eigenvalue weighted by atomic mass is 10.1. The molecule has 0 saturated heterocycles. The van der Waals surface area contributed by atoms with Crippen LogP contribution in [0.1, 0.15) is 42.1 Å². The van der Waals surface area contributed by atoms with Gasteiger partial charge in [-0.15, -0.1) is 0 Å². The predicted molar refractivity (Wildman–Crippen MR) is 152 cm³/mol. The minimum atomic E-state index is -4.22. The Balaban J connectivity index is 1.68. The molecule has 0 bridgehead atoms. The highest BCUT2D eigenvalue weighted by molar-refractivity contribution is 7.92. The molecule has 0 atom stereocenters. The van der Waals surface area contributed by atoms with Crippen LogP contribution in [0.5, 0.6) is 0 Å². The van der Waals surface area contributed by atoms with Gasteiger partial charge in [-0.05, 0) is 54.8 Å². The van der Waals surface area contributed by atoms with E-state index in [1.54, 1.807) is 16.7 Å². The summed E-state index contributed by atoms with van der Waals surface area (Å²) in [6.45, 7) is 2.54. The zero-order chi connectivity index (χ0) is 28.1. The first-order chi connectivity index (χ1) is 19.4. The first kappa shape index (κ1) is 27.3. The summed E-state index contributed by atoms with van der Waals surface area (Å²) in [6, 6.07) is 21.4. The van der Waals surface area contributed by atoms with E-state index in [9.17, 15) is 17.6 Å². The van der Waals surface area contributed by atoms with Crippen molar-refractivity contribution in [3.8, 4) is 0 Å². The third-order valence-electron chi connectivity index (χ3n) is 6.56. The summed E-state index contributed by atoms with van der Waals surface area (Å²) in [6.07, 6.45) is 3.06. The number of aryl methyl sites for hydroxylation is 2. The van der Waals surface area contributed by atoms with Crippen LogP contribution >= 0.6 is 0 Å². The number of para-hydroxylation sites is 2. The lowest BCUT2D eigenvalue weighted by molar-refractivity contribution is 0.0501. The molecule has 0 aliphatic heterocycles. The Bertz CT molecular complexity index is 1750. The average molecular weight is 561 g/mol. The maximum absolute atomic E-state index is 13.6. The van der Waals surface area contributed by atoms with Crippen LogP contribution in [-0.4, -0.2) is 35.5 Å². The second-order valence-corrected chi connectivity index (χ2v) is 11.1. The Labute approximate surface area is 231 Å². The number of aromatic nitrogens is 3. The van der Waals surface area contributed by atoms with Gasteiger partial charge in [0.15, 0.2) is 5.65 Å². The van der Waals surface area contributed by atoms with E-state index in [0.717, 1.165) is 30.5 Å². The number of anilines is 1. The third kappa shape index (κ3) is 5.81. The summed E-state index contributed by atoms with van der Waals surface area (Å²) in [5.74, 6) is -1.25. The highest BCUT2D eigenvalue weighted by atomic mass is 32.2. The van der Waals surface area contributed by atoms with Crippen molar-refractivity contribution in [2.75, 3.05) is 11.3 Å². The third-order valence-corrected chi connectivity index (χ3v) is 7.91. The SMILES string of the molecule is CCCCCOC(=O)c1c(NS(=O)(=O)c2ccc(F)cc2)n(CCc2ccccc2)c2nc3ccccc3nc12. The molecule has 5 rings (SSSR count). The van der Waals surface area contributed by atoms with Gasteiger partial charge in [-0.2, -0.15) is 0 Å². The van der Waals surface area contributed by atoms with Gasteiger partial charge in [0.05, 0.1) is 22.5 Å². The highest BCUT2D eigenvalue weighted by Gasteiger charge is 2.30. The molecule has 0 spiro atoms. The van der Waals surface area contributed by atoms with Gasteiger partial charge < -0.3 is 9.30 Å². The molecule has 0 aliphatic rings. The Hall–Kier alpha value is -4.31. The minimum Gasteiger partial charge on any atom is -0.462 e. The lowest BCUT2D eigenvalue weighted by Crippen LogP contribution is -2.19. The lowest BCUT2D eigenvalue weighted by Gasteiger charge is -2.14. The second-order valence-electron chi connectivity index (χ2n) is 9.40. The highest BCUT2D eigenvalue weighted by Crippen LogP contribution is 2.33. The Kier molecular flexibility index (Phi) is 8.06. The van der Waals surface area contributed by atoms with Gasteiger partial charge in [-0.1, -0.05) is 62.2 Å². The van der Waals surface area contributed by atoms with Crippen LogP contribution < -0.4 is 4.72 Å². The number of unbranched alkanes of at least 4 members (excludes halogenated alkanes) is 2. The number of benzene rings is 3. The summed E-state index contributed by atoms with van der Waals surface area (Å²) in [5.41, 5.74) is 2.76. The topological polar surface area (TPSA) is 103 Å². The number of carbonyl (C=O) groups is 1. The van der Waals surface area contributed by atoms with Crippen molar-refractivity contribution in [3.63, 3.8) is 0 Å². The normalized spacial score (nSPS) is 11.7. The second kappa shape index (κ2) is 11.8. The quantitative estimate of drug-likeness (QED) is 0.154. The van der Waals surface area contributed by atoms with Gasteiger partial charge in [0.25, 0.3) is 10.0 Å². The van der Waals surface area contributed by atoms with Gasteiger partial charge in [0.1, 0.15) is 22.7 Å². The summed E-state index contributed by atoms with van der Waals surface area (Å²) in [7, 11) is -4.22. The fraction of sp³-hybridized carbons (Fsp3) is 0.233. The molecule has 0 saturated carbocycles. The summed E-state index contributed by atoms with van der Waals surface area (Å²) < 4.78 is 50.4. The van der Waals surface area contributed by atoms with Crippen LogP contribution in [0.3, 0.4) is 0 Å². The van der Waals surface area contributed by atoms with Gasteiger partial charge in [-0.25, -0.2) is 27.6 Å².